The minimum Gasteiger partial charge on any atom is -0.384 e. The predicted octanol–water partition coefficient (Wildman–Crippen LogP) is 2.50. The summed E-state index contributed by atoms with van der Waals surface area (Å²) in [7, 11) is 1.82. The number of hydrogen-bond donors (Lipinski definition) is 1. The average Bonchev–Trinajstić information content (AvgIpc) is 2.60. The van der Waals surface area contributed by atoms with Gasteiger partial charge in [-0.1, -0.05) is 20.8 Å². The van der Waals surface area contributed by atoms with Crippen molar-refractivity contribution in [2.45, 2.75) is 52.0 Å². The van der Waals surface area contributed by atoms with Gasteiger partial charge in [0.25, 0.3) is 0 Å². The molecule has 19 heavy (non-hydrogen) atoms. The second-order valence-corrected chi connectivity index (χ2v) is 7.66. The number of piperidine rings is 1. The van der Waals surface area contributed by atoms with E-state index in [2.05, 4.69) is 25.7 Å². The number of nitrogens with two attached hydrogens (primary N) is 1. The van der Waals surface area contributed by atoms with Crippen molar-refractivity contribution in [3.05, 3.63) is 0 Å². The monoisotopic (exact) mass is 268 g/mol. The van der Waals surface area contributed by atoms with Crippen LogP contribution in [-0.2, 0) is 4.74 Å². The van der Waals surface area contributed by atoms with Crippen molar-refractivity contribution in [1.82, 2.24) is 4.90 Å². The van der Waals surface area contributed by atoms with Crippen LogP contribution in [0.1, 0.15) is 46.5 Å². The van der Waals surface area contributed by atoms with Crippen molar-refractivity contribution in [2.75, 3.05) is 33.4 Å². The van der Waals surface area contributed by atoms with Gasteiger partial charge in [0, 0.05) is 25.7 Å². The van der Waals surface area contributed by atoms with Crippen molar-refractivity contribution in [3.63, 3.8) is 0 Å². The molecule has 3 heteroatoms. The predicted molar refractivity (Wildman–Crippen MR) is 80.1 cm³/mol. The van der Waals surface area contributed by atoms with Gasteiger partial charge in [0.05, 0.1) is 6.61 Å². The van der Waals surface area contributed by atoms with Crippen LogP contribution in [-0.4, -0.2) is 43.8 Å². The molecule has 1 aliphatic heterocycles. The molecule has 1 aliphatic carbocycles. The fraction of sp³-hybridized carbons (Fsp3) is 1.00. The van der Waals surface area contributed by atoms with Crippen LogP contribution < -0.4 is 5.73 Å². The van der Waals surface area contributed by atoms with Crippen LogP contribution in [0, 0.1) is 17.3 Å². The molecule has 3 atom stereocenters. The van der Waals surface area contributed by atoms with E-state index in [0.29, 0.717) is 17.3 Å². The summed E-state index contributed by atoms with van der Waals surface area (Å²) in [6.45, 7) is 11.3. The van der Waals surface area contributed by atoms with Crippen molar-refractivity contribution in [1.29, 1.82) is 0 Å². The highest BCUT2D eigenvalue weighted by Gasteiger charge is 2.51. The Hall–Kier alpha value is -0.120. The SMILES string of the molecule is COCC1CCCN(C2(CN)CC(C)(C)CC2C)C1. The Balaban J connectivity index is 2.12. The number of nitrogens with zero attached hydrogens (tertiary/aromatic N) is 1. The van der Waals surface area contributed by atoms with E-state index in [-0.39, 0.29) is 5.54 Å². The van der Waals surface area contributed by atoms with Gasteiger partial charge in [-0.15, -0.1) is 0 Å². The van der Waals surface area contributed by atoms with E-state index in [4.69, 9.17) is 10.5 Å². The van der Waals surface area contributed by atoms with Crippen molar-refractivity contribution in [3.8, 4) is 0 Å². The molecule has 3 unspecified atom stereocenters. The van der Waals surface area contributed by atoms with E-state index in [9.17, 15) is 0 Å². The number of methoxy groups -OCH3 is 1. The van der Waals surface area contributed by atoms with Crippen LogP contribution in [0.2, 0.25) is 0 Å². The fourth-order valence-corrected chi connectivity index (χ4v) is 4.76. The van der Waals surface area contributed by atoms with E-state index in [1.165, 1.54) is 38.8 Å². The summed E-state index contributed by atoms with van der Waals surface area (Å²) in [5.41, 5.74) is 6.93. The molecular weight excluding hydrogens is 236 g/mol. The van der Waals surface area contributed by atoms with Gasteiger partial charge < -0.3 is 10.5 Å². The largest absolute Gasteiger partial charge is 0.384 e. The van der Waals surface area contributed by atoms with E-state index in [1.807, 2.05) is 7.11 Å². The zero-order valence-corrected chi connectivity index (χ0v) is 13.2. The van der Waals surface area contributed by atoms with Gasteiger partial charge in [0.2, 0.25) is 0 Å². The minimum atomic E-state index is 0.232. The van der Waals surface area contributed by atoms with Crippen LogP contribution in [0.25, 0.3) is 0 Å². The highest BCUT2D eigenvalue weighted by atomic mass is 16.5. The number of likely N-dealkylation sites (tertiary alicyclic amines) is 1. The quantitative estimate of drug-likeness (QED) is 0.851. The lowest BCUT2D eigenvalue weighted by atomic mass is 9.82. The summed E-state index contributed by atoms with van der Waals surface area (Å²) in [6.07, 6.45) is 5.15. The average molecular weight is 268 g/mol. The summed E-state index contributed by atoms with van der Waals surface area (Å²) in [4.78, 5) is 2.71. The van der Waals surface area contributed by atoms with Crippen molar-refractivity contribution in [2.24, 2.45) is 23.0 Å². The second kappa shape index (κ2) is 5.71. The number of hydrogen-bond acceptors (Lipinski definition) is 3. The molecule has 2 aliphatic rings. The third-order valence-corrected chi connectivity index (χ3v) is 5.47. The van der Waals surface area contributed by atoms with Crippen LogP contribution >= 0.6 is 0 Å². The lowest BCUT2D eigenvalue weighted by Crippen LogP contribution is -2.59. The molecule has 2 N–H and O–H groups in total. The summed E-state index contributed by atoms with van der Waals surface area (Å²) in [6, 6.07) is 0. The summed E-state index contributed by atoms with van der Waals surface area (Å²) in [5.74, 6) is 1.40. The molecule has 1 saturated heterocycles. The maximum Gasteiger partial charge on any atom is 0.0502 e. The molecule has 2 rings (SSSR count). The fourth-order valence-electron chi connectivity index (χ4n) is 4.76. The van der Waals surface area contributed by atoms with E-state index in [0.717, 1.165) is 13.2 Å². The van der Waals surface area contributed by atoms with Gasteiger partial charge in [-0.2, -0.15) is 0 Å². The molecule has 0 bridgehead atoms. The first kappa shape index (κ1) is 15.3. The molecule has 2 fully saturated rings. The van der Waals surface area contributed by atoms with Gasteiger partial charge in [-0.3, -0.25) is 4.90 Å². The lowest BCUT2D eigenvalue weighted by Gasteiger charge is -2.48. The van der Waals surface area contributed by atoms with Crippen LogP contribution in [0.5, 0.6) is 0 Å². The highest BCUT2D eigenvalue weighted by Crippen LogP contribution is 2.50. The van der Waals surface area contributed by atoms with Gasteiger partial charge in [0.1, 0.15) is 0 Å². The zero-order chi connectivity index (χ0) is 14.1. The van der Waals surface area contributed by atoms with E-state index in [1.54, 1.807) is 0 Å². The molecule has 0 aromatic rings. The lowest BCUT2D eigenvalue weighted by molar-refractivity contribution is 0.00237. The zero-order valence-electron chi connectivity index (χ0n) is 13.2. The van der Waals surface area contributed by atoms with Gasteiger partial charge in [0.15, 0.2) is 0 Å². The maximum absolute atomic E-state index is 6.26. The van der Waals surface area contributed by atoms with E-state index >= 15 is 0 Å². The number of ether oxygens (including phenoxy) is 1. The van der Waals surface area contributed by atoms with Crippen LogP contribution in [0.15, 0.2) is 0 Å². The third kappa shape index (κ3) is 2.98. The molecule has 112 valence electrons. The smallest absolute Gasteiger partial charge is 0.0502 e. The van der Waals surface area contributed by atoms with Gasteiger partial charge in [-0.25, -0.2) is 0 Å². The van der Waals surface area contributed by atoms with Gasteiger partial charge in [-0.05, 0) is 49.5 Å². The topological polar surface area (TPSA) is 38.5 Å². The molecule has 0 radical (unpaired) electrons. The standard InChI is InChI=1S/C16H32N2O/c1-13-8-15(2,3)11-16(13,12-17)18-7-5-6-14(9-18)10-19-4/h13-14H,5-12,17H2,1-4H3. The Kier molecular flexibility index (Phi) is 4.59. The first-order chi connectivity index (χ1) is 8.93. The Bertz CT molecular complexity index is 303. The molecular formula is C16H32N2O. The summed E-state index contributed by atoms with van der Waals surface area (Å²) >= 11 is 0. The molecule has 0 aromatic heterocycles. The summed E-state index contributed by atoms with van der Waals surface area (Å²) < 4.78 is 5.37. The molecule has 1 saturated carbocycles. The minimum absolute atomic E-state index is 0.232. The first-order valence-electron chi connectivity index (χ1n) is 7.87. The molecule has 0 amide bonds. The Morgan fingerprint density at radius 3 is 2.63 bits per heavy atom. The van der Waals surface area contributed by atoms with E-state index < -0.39 is 0 Å². The Morgan fingerprint density at radius 2 is 2.11 bits per heavy atom. The van der Waals surface area contributed by atoms with Crippen LogP contribution in [0.3, 0.4) is 0 Å². The normalized spacial score (nSPS) is 39.6. The molecule has 0 spiro atoms. The van der Waals surface area contributed by atoms with Crippen molar-refractivity contribution < 1.29 is 4.74 Å². The second-order valence-electron chi connectivity index (χ2n) is 7.66. The molecule has 3 nitrogen and oxygen atoms in total. The molecule has 0 aromatic carbocycles. The third-order valence-electron chi connectivity index (χ3n) is 5.47. The maximum atomic E-state index is 6.26. The highest BCUT2D eigenvalue weighted by molar-refractivity contribution is 5.06. The van der Waals surface area contributed by atoms with Gasteiger partial charge >= 0.3 is 0 Å². The number of rotatable bonds is 4. The molecule has 1 heterocycles. The Morgan fingerprint density at radius 1 is 1.37 bits per heavy atom. The summed E-state index contributed by atoms with van der Waals surface area (Å²) in [5, 5.41) is 0. The first-order valence-corrected chi connectivity index (χ1v) is 7.87. The Labute approximate surface area is 118 Å². The van der Waals surface area contributed by atoms with Crippen molar-refractivity contribution >= 4 is 0 Å². The van der Waals surface area contributed by atoms with Crippen LogP contribution in [0.4, 0.5) is 0 Å².